The average Bonchev–Trinajstić information content (AvgIpc) is 2.74. The van der Waals surface area contributed by atoms with E-state index < -0.39 is 0 Å². The Morgan fingerprint density at radius 3 is 2.62 bits per heavy atom. The lowest BCUT2D eigenvalue weighted by molar-refractivity contribution is 0.349. The van der Waals surface area contributed by atoms with Crippen LogP contribution in [0.3, 0.4) is 0 Å². The number of hydrogen-bond acceptors (Lipinski definition) is 5. The first kappa shape index (κ1) is 10.6. The molecule has 0 amide bonds. The fraction of sp³-hybridized carbons (Fsp3) is 0.273. The molecule has 0 fully saturated rings. The van der Waals surface area contributed by atoms with Crippen molar-refractivity contribution < 1.29 is 4.52 Å². The quantitative estimate of drug-likeness (QED) is 0.806. The van der Waals surface area contributed by atoms with Crippen LogP contribution >= 0.6 is 0 Å². The van der Waals surface area contributed by atoms with Crippen molar-refractivity contribution in [3.63, 3.8) is 0 Å². The maximum atomic E-state index is 5.90. The van der Waals surface area contributed by atoms with E-state index in [1.807, 2.05) is 18.2 Å². The van der Waals surface area contributed by atoms with Crippen LogP contribution in [0.5, 0.6) is 0 Å². The molecule has 84 valence electrons. The van der Waals surface area contributed by atoms with Crippen LogP contribution in [0.25, 0.3) is 0 Å². The van der Waals surface area contributed by atoms with Crippen molar-refractivity contribution >= 4 is 5.95 Å². The van der Waals surface area contributed by atoms with Gasteiger partial charge in [0.2, 0.25) is 5.89 Å². The van der Waals surface area contributed by atoms with Crippen LogP contribution in [-0.4, -0.2) is 10.1 Å². The Kier molecular flexibility index (Phi) is 3.16. The van der Waals surface area contributed by atoms with Crippen molar-refractivity contribution in [2.24, 2.45) is 5.73 Å². The molecule has 0 aliphatic heterocycles. The van der Waals surface area contributed by atoms with Crippen molar-refractivity contribution in [1.29, 1.82) is 0 Å². The molecule has 0 bridgehead atoms. The third kappa shape index (κ3) is 2.58. The molecular weight excluding hydrogens is 204 g/mol. The second-order valence-electron chi connectivity index (χ2n) is 3.62. The first-order valence-corrected chi connectivity index (χ1v) is 5.14. The lowest BCUT2D eigenvalue weighted by Gasteiger charge is -2.05. The molecule has 0 saturated heterocycles. The second-order valence-corrected chi connectivity index (χ2v) is 3.62. The largest absolute Gasteiger partial charge is 0.365 e. The molecule has 2 rings (SSSR count). The van der Waals surface area contributed by atoms with Gasteiger partial charge in [0.1, 0.15) is 0 Å². The molecule has 1 aromatic heterocycles. The van der Waals surface area contributed by atoms with Gasteiger partial charge >= 0.3 is 0 Å². The van der Waals surface area contributed by atoms with E-state index in [9.17, 15) is 0 Å². The number of aromatic nitrogens is 2. The summed E-state index contributed by atoms with van der Waals surface area (Å²) >= 11 is 0. The summed E-state index contributed by atoms with van der Waals surface area (Å²) in [5, 5.41) is 3.50. The van der Waals surface area contributed by atoms with Crippen LogP contribution in [0, 0.1) is 0 Å². The van der Waals surface area contributed by atoms with Crippen LogP contribution in [-0.2, 0) is 6.42 Å². The van der Waals surface area contributed by atoms with Gasteiger partial charge in [0.25, 0.3) is 5.95 Å². The van der Waals surface area contributed by atoms with Crippen LogP contribution in [0.1, 0.15) is 23.9 Å². The standard InChI is InChI=1S/C11H14N4O/c12-9(10-14-11(13)15-16-10)7-6-8-4-2-1-3-5-8/h1-5,9H,6-7,12H2,(H2,13,15). The number of anilines is 1. The van der Waals surface area contributed by atoms with Crippen molar-refractivity contribution in [1.82, 2.24) is 10.1 Å². The van der Waals surface area contributed by atoms with Crippen molar-refractivity contribution in [2.75, 3.05) is 5.73 Å². The molecule has 1 heterocycles. The highest BCUT2D eigenvalue weighted by molar-refractivity contribution is 5.15. The summed E-state index contributed by atoms with van der Waals surface area (Å²) in [7, 11) is 0. The highest BCUT2D eigenvalue weighted by Crippen LogP contribution is 2.15. The summed E-state index contributed by atoms with van der Waals surface area (Å²) in [5.41, 5.74) is 12.5. The topological polar surface area (TPSA) is 91.0 Å². The molecule has 0 spiro atoms. The number of rotatable bonds is 4. The van der Waals surface area contributed by atoms with Gasteiger partial charge in [-0.2, -0.15) is 4.98 Å². The van der Waals surface area contributed by atoms with Gasteiger partial charge in [0.15, 0.2) is 0 Å². The van der Waals surface area contributed by atoms with Crippen LogP contribution in [0.4, 0.5) is 5.95 Å². The lowest BCUT2D eigenvalue weighted by Crippen LogP contribution is -2.11. The fourth-order valence-corrected chi connectivity index (χ4v) is 1.49. The molecule has 5 nitrogen and oxygen atoms in total. The van der Waals surface area contributed by atoms with Gasteiger partial charge in [-0.05, 0) is 23.6 Å². The Morgan fingerprint density at radius 1 is 1.25 bits per heavy atom. The predicted octanol–water partition coefficient (Wildman–Crippen LogP) is 1.28. The lowest BCUT2D eigenvalue weighted by atomic mass is 10.1. The van der Waals surface area contributed by atoms with Gasteiger partial charge in [-0.15, -0.1) is 0 Å². The van der Waals surface area contributed by atoms with E-state index in [1.165, 1.54) is 5.56 Å². The first-order valence-electron chi connectivity index (χ1n) is 5.14. The van der Waals surface area contributed by atoms with E-state index >= 15 is 0 Å². The molecule has 2 aromatic rings. The normalized spacial score (nSPS) is 12.6. The third-order valence-electron chi connectivity index (χ3n) is 2.36. The van der Waals surface area contributed by atoms with E-state index in [0.29, 0.717) is 5.89 Å². The van der Waals surface area contributed by atoms with Crippen LogP contribution in [0.15, 0.2) is 34.9 Å². The number of nitrogen functional groups attached to an aromatic ring is 1. The summed E-state index contributed by atoms with van der Waals surface area (Å²) in [5.74, 6) is 0.526. The van der Waals surface area contributed by atoms with Gasteiger partial charge in [0.05, 0.1) is 6.04 Å². The van der Waals surface area contributed by atoms with Crippen molar-refractivity contribution in [3.05, 3.63) is 41.8 Å². The zero-order valence-corrected chi connectivity index (χ0v) is 8.84. The highest BCUT2D eigenvalue weighted by Gasteiger charge is 2.13. The highest BCUT2D eigenvalue weighted by atomic mass is 16.5. The average molecular weight is 218 g/mol. The third-order valence-corrected chi connectivity index (χ3v) is 2.36. The van der Waals surface area contributed by atoms with Gasteiger partial charge in [-0.3, -0.25) is 0 Å². The van der Waals surface area contributed by atoms with E-state index in [-0.39, 0.29) is 12.0 Å². The smallest absolute Gasteiger partial charge is 0.260 e. The Balaban J connectivity index is 1.91. The van der Waals surface area contributed by atoms with E-state index in [2.05, 4.69) is 22.3 Å². The Morgan fingerprint density at radius 2 is 2.00 bits per heavy atom. The summed E-state index contributed by atoms with van der Waals surface area (Å²) in [4.78, 5) is 3.90. The Hall–Kier alpha value is -1.88. The molecule has 16 heavy (non-hydrogen) atoms. The minimum Gasteiger partial charge on any atom is -0.365 e. The molecule has 0 radical (unpaired) electrons. The number of aryl methyl sites for hydroxylation is 1. The molecule has 0 aliphatic carbocycles. The molecule has 1 aromatic carbocycles. The van der Waals surface area contributed by atoms with Crippen molar-refractivity contribution in [3.8, 4) is 0 Å². The van der Waals surface area contributed by atoms with E-state index in [4.69, 9.17) is 16.0 Å². The maximum absolute atomic E-state index is 5.90. The number of benzene rings is 1. The van der Waals surface area contributed by atoms with Gasteiger partial charge < -0.3 is 16.0 Å². The minimum atomic E-state index is -0.259. The van der Waals surface area contributed by atoms with E-state index in [1.54, 1.807) is 0 Å². The molecule has 1 atom stereocenters. The second kappa shape index (κ2) is 4.76. The molecule has 1 unspecified atom stereocenters. The fourth-order valence-electron chi connectivity index (χ4n) is 1.49. The Bertz CT molecular complexity index is 440. The minimum absolute atomic E-state index is 0.130. The molecular formula is C11H14N4O. The molecule has 0 saturated carbocycles. The molecule has 0 aliphatic rings. The monoisotopic (exact) mass is 218 g/mol. The predicted molar refractivity (Wildman–Crippen MR) is 60.4 cm³/mol. The molecule has 5 heteroatoms. The van der Waals surface area contributed by atoms with Crippen LogP contribution in [0.2, 0.25) is 0 Å². The SMILES string of the molecule is Nc1noc(C(N)CCc2ccccc2)n1. The van der Waals surface area contributed by atoms with Crippen molar-refractivity contribution in [2.45, 2.75) is 18.9 Å². The zero-order valence-electron chi connectivity index (χ0n) is 8.84. The number of nitrogens with zero attached hydrogens (tertiary/aromatic N) is 2. The zero-order chi connectivity index (χ0) is 11.4. The summed E-state index contributed by atoms with van der Waals surface area (Å²) < 4.78 is 4.90. The number of nitrogens with two attached hydrogens (primary N) is 2. The van der Waals surface area contributed by atoms with Gasteiger partial charge in [-0.1, -0.05) is 30.3 Å². The summed E-state index contributed by atoms with van der Waals surface area (Å²) in [6.45, 7) is 0. The first-order chi connectivity index (χ1) is 7.75. The van der Waals surface area contributed by atoms with Gasteiger partial charge in [-0.25, -0.2) is 0 Å². The maximum Gasteiger partial charge on any atom is 0.260 e. The summed E-state index contributed by atoms with van der Waals surface area (Å²) in [6.07, 6.45) is 1.63. The Labute approximate surface area is 93.4 Å². The van der Waals surface area contributed by atoms with Gasteiger partial charge in [0, 0.05) is 0 Å². The summed E-state index contributed by atoms with van der Waals surface area (Å²) in [6, 6.07) is 9.87. The van der Waals surface area contributed by atoms with E-state index in [0.717, 1.165) is 12.8 Å². The molecule has 4 N–H and O–H groups in total. The number of hydrogen-bond donors (Lipinski definition) is 2. The van der Waals surface area contributed by atoms with Crippen LogP contribution < -0.4 is 11.5 Å².